The summed E-state index contributed by atoms with van der Waals surface area (Å²) in [7, 11) is -2.02. The summed E-state index contributed by atoms with van der Waals surface area (Å²) in [5, 5.41) is 0. The van der Waals surface area contributed by atoms with Crippen molar-refractivity contribution in [3.05, 3.63) is 29.8 Å². The van der Waals surface area contributed by atoms with Crippen LogP contribution >= 0.6 is 0 Å². The normalized spacial score (nSPS) is 19.6. The predicted molar refractivity (Wildman–Crippen MR) is 81.1 cm³/mol. The Labute approximate surface area is 129 Å². The molecule has 22 heavy (non-hydrogen) atoms. The lowest BCUT2D eigenvalue weighted by atomic mass is 10.2. The zero-order valence-corrected chi connectivity index (χ0v) is 13.2. The van der Waals surface area contributed by atoms with Crippen molar-refractivity contribution in [2.45, 2.75) is 36.7 Å². The number of sulfonamides is 1. The van der Waals surface area contributed by atoms with Gasteiger partial charge in [-0.15, -0.1) is 4.40 Å². The summed E-state index contributed by atoms with van der Waals surface area (Å²) in [5.41, 5.74) is 0.527. The summed E-state index contributed by atoms with van der Waals surface area (Å²) >= 11 is 0. The molecule has 6 nitrogen and oxygen atoms in total. The molecular weight excluding hydrogens is 304 g/mol. The van der Waals surface area contributed by atoms with Crippen LogP contribution in [-0.2, 0) is 19.6 Å². The van der Waals surface area contributed by atoms with Crippen LogP contribution in [0.4, 0.5) is 0 Å². The number of nitrogens with zero attached hydrogens (tertiary/aromatic N) is 2. The topological polar surface area (TPSA) is 76.0 Å². The van der Waals surface area contributed by atoms with Gasteiger partial charge in [0.15, 0.2) is 5.84 Å². The van der Waals surface area contributed by atoms with Crippen molar-refractivity contribution >= 4 is 21.8 Å². The van der Waals surface area contributed by atoms with Gasteiger partial charge in [0.05, 0.1) is 0 Å². The molecule has 0 unspecified atom stereocenters. The Morgan fingerprint density at radius 2 is 2.00 bits per heavy atom. The number of carbonyl (C=O) groups is 1. The van der Waals surface area contributed by atoms with E-state index in [4.69, 9.17) is 4.74 Å². The number of ether oxygens (including phenoxy) is 1. The molecule has 0 radical (unpaired) electrons. The highest BCUT2D eigenvalue weighted by Gasteiger charge is 2.31. The predicted octanol–water partition coefficient (Wildman–Crippen LogP) is 1.55. The molecule has 1 saturated carbocycles. The first-order valence-electron chi connectivity index (χ1n) is 7.32. The van der Waals surface area contributed by atoms with Gasteiger partial charge in [0.25, 0.3) is 10.0 Å². The van der Waals surface area contributed by atoms with Crippen LogP contribution in [0.1, 0.15) is 31.2 Å². The van der Waals surface area contributed by atoms with E-state index in [1.807, 2.05) is 0 Å². The van der Waals surface area contributed by atoms with Gasteiger partial charge in [0.2, 0.25) is 0 Å². The van der Waals surface area contributed by atoms with Crippen LogP contribution in [0.3, 0.4) is 0 Å². The average Bonchev–Trinajstić information content (AvgIpc) is 3.06. The van der Waals surface area contributed by atoms with E-state index in [2.05, 4.69) is 4.40 Å². The van der Waals surface area contributed by atoms with Crippen LogP contribution in [0.25, 0.3) is 0 Å². The fourth-order valence-electron chi connectivity index (χ4n) is 2.86. The molecule has 0 amide bonds. The van der Waals surface area contributed by atoms with Gasteiger partial charge in [0, 0.05) is 12.6 Å². The summed E-state index contributed by atoms with van der Waals surface area (Å²) in [4.78, 5) is 13.7. The number of fused-ring (bicyclic) bond motifs is 1. The standard InChI is InChI=1S/C15H18N2O4S/c1-17(10-14(18)21-11-6-2-3-7-11)15-12-8-4-5-9-13(12)22(19,20)16-15/h4-5,8-9,11H,2-3,6-7,10H2,1H3. The van der Waals surface area contributed by atoms with Crippen LogP contribution in [-0.4, -0.2) is 44.8 Å². The molecule has 3 rings (SSSR count). The number of hydrogen-bond acceptors (Lipinski definition) is 5. The van der Waals surface area contributed by atoms with Gasteiger partial charge < -0.3 is 9.64 Å². The number of benzene rings is 1. The van der Waals surface area contributed by atoms with Crippen molar-refractivity contribution in [3.8, 4) is 0 Å². The molecule has 118 valence electrons. The molecule has 2 aliphatic rings. The highest BCUT2D eigenvalue weighted by Crippen LogP contribution is 2.27. The van der Waals surface area contributed by atoms with Gasteiger partial charge in [-0.2, -0.15) is 8.42 Å². The maximum Gasteiger partial charge on any atom is 0.325 e. The molecule has 1 aromatic rings. The number of amidine groups is 1. The summed E-state index contributed by atoms with van der Waals surface area (Å²) in [5.74, 6) is -0.0575. The number of carbonyl (C=O) groups excluding carboxylic acids is 1. The number of esters is 1. The molecule has 0 N–H and O–H groups in total. The van der Waals surface area contributed by atoms with E-state index in [1.165, 1.54) is 11.0 Å². The third kappa shape index (κ3) is 2.85. The fourth-order valence-corrected chi connectivity index (χ4v) is 4.11. The first-order valence-corrected chi connectivity index (χ1v) is 8.76. The van der Waals surface area contributed by atoms with Crippen LogP contribution < -0.4 is 0 Å². The van der Waals surface area contributed by atoms with Crippen molar-refractivity contribution in [1.82, 2.24) is 4.90 Å². The second kappa shape index (κ2) is 5.72. The molecule has 1 aliphatic carbocycles. The first kappa shape index (κ1) is 15.0. The zero-order chi connectivity index (χ0) is 15.7. The molecular formula is C15H18N2O4S. The van der Waals surface area contributed by atoms with Crippen molar-refractivity contribution in [2.75, 3.05) is 13.6 Å². The van der Waals surface area contributed by atoms with Gasteiger partial charge in [0.1, 0.15) is 17.5 Å². The summed E-state index contributed by atoms with van der Waals surface area (Å²) in [6.45, 7) is -0.0147. The van der Waals surface area contributed by atoms with Gasteiger partial charge in [-0.3, -0.25) is 4.79 Å². The third-order valence-corrected chi connectivity index (χ3v) is 5.27. The Kier molecular flexibility index (Phi) is 3.90. The maximum atomic E-state index is 12.0. The van der Waals surface area contributed by atoms with Crippen molar-refractivity contribution in [3.63, 3.8) is 0 Å². The van der Waals surface area contributed by atoms with Crippen molar-refractivity contribution in [2.24, 2.45) is 4.40 Å². The molecule has 0 bridgehead atoms. The first-order chi connectivity index (χ1) is 10.5. The summed E-state index contributed by atoms with van der Waals surface area (Å²) < 4.78 is 33.2. The molecule has 7 heteroatoms. The molecule has 1 heterocycles. The monoisotopic (exact) mass is 322 g/mol. The van der Waals surface area contributed by atoms with Crippen LogP contribution in [0.2, 0.25) is 0 Å². The van der Waals surface area contributed by atoms with Gasteiger partial charge >= 0.3 is 5.97 Å². The summed E-state index contributed by atoms with van der Waals surface area (Å²) in [6, 6.07) is 6.62. The number of rotatable bonds is 3. The lowest BCUT2D eigenvalue weighted by molar-refractivity contribution is -0.148. The quantitative estimate of drug-likeness (QED) is 0.789. The van der Waals surface area contributed by atoms with E-state index < -0.39 is 10.0 Å². The number of likely N-dealkylation sites (N-methyl/N-ethyl adjacent to an activating group) is 1. The van der Waals surface area contributed by atoms with Crippen LogP contribution in [0.5, 0.6) is 0 Å². The van der Waals surface area contributed by atoms with Gasteiger partial charge in [-0.25, -0.2) is 0 Å². The van der Waals surface area contributed by atoms with Crippen molar-refractivity contribution in [1.29, 1.82) is 0 Å². The maximum absolute atomic E-state index is 12.0. The Morgan fingerprint density at radius 1 is 1.32 bits per heavy atom. The van der Waals surface area contributed by atoms with Crippen LogP contribution in [0, 0.1) is 0 Å². The molecule has 0 atom stereocenters. The molecule has 0 spiro atoms. The lowest BCUT2D eigenvalue weighted by Crippen LogP contribution is -2.34. The molecule has 1 aromatic carbocycles. The SMILES string of the molecule is CN(CC(=O)OC1CCCC1)C1=NS(=O)(=O)c2ccccc21. The number of hydrogen-bond donors (Lipinski definition) is 0. The average molecular weight is 322 g/mol. The molecule has 0 aromatic heterocycles. The third-order valence-electron chi connectivity index (χ3n) is 3.94. The Morgan fingerprint density at radius 3 is 2.73 bits per heavy atom. The smallest absolute Gasteiger partial charge is 0.325 e. The van der Waals surface area contributed by atoms with E-state index in [0.29, 0.717) is 11.4 Å². The minimum absolute atomic E-state index is 0.00226. The minimum atomic E-state index is -3.66. The largest absolute Gasteiger partial charge is 0.461 e. The van der Waals surface area contributed by atoms with Crippen molar-refractivity contribution < 1.29 is 17.9 Å². The zero-order valence-electron chi connectivity index (χ0n) is 12.4. The Hall–Kier alpha value is -1.89. The lowest BCUT2D eigenvalue weighted by Gasteiger charge is -2.19. The second-order valence-electron chi connectivity index (χ2n) is 5.64. The van der Waals surface area contributed by atoms with Gasteiger partial charge in [-0.05, 0) is 37.8 Å². The Bertz CT molecular complexity index is 721. The second-order valence-corrected chi connectivity index (χ2v) is 7.21. The highest BCUT2D eigenvalue weighted by molar-refractivity contribution is 7.90. The van der Waals surface area contributed by atoms with E-state index in [-0.39, 0.29) is 23.5 Å². The minimum Gasteiger partial charge on any atom is -0.461 e. The van der Waals surface area contributed by atoms with E-state index in [1.54, 1.807) is 25.2 Å². The van der Waals surface area contributed by atoms with E-state index >= 15 is 0 Å². The van der Waals surface area contributed by atoms with E-state index in [0.717, 1.165) is 25.7 Å². The van der Waals surface area contributed by atoms with E-state index in [9.17, 15) is 13.2 Å². The Balaban J connectivity index is 1.73. The van der Waals surface area contributed by atoms with Crippen LogP contribution in [0.15, 0.2) is 33.6 Å². The molecule has 1 aliphatic heterocycles. The highest BCUT2D eigenvalue weighted by atomic mass is 32.2. The molecule has 1 fully saturated rings. The van der Waals surface area contributed by atoms with Gasteiger partial charge in [-0.1, -0.05) is 12.1 Å². The molecule has 0 saturated heterocycles. The fraction of sp³-hybridized carbons (Fsp3) is 0.467. The summed E-state index contributed by atoms with van der Waals surface area (Å²) in [6.07, 6.45) is 4.00.